The van der Waals surface area contributed by atoms with Crippen LogP contribution in [0.1, 0.15) is 53.9 Å². The van der Waals surface area contributed by atoms with E-state index >= 15 is 0 Å². The van der Waals surface area contributed by atoms with Crippen molar-refractivity contribution in [2.45, 2.75) is 45.4 Å². The minimum Gasteiger partial charge on any atom is -0.342 e. The summed E-state index contributed by atoms with van der Waals surface area (Å²) in [7, 11) is 0. The molecule has 6 nitrogen and oxygen atoms in total. The highest BCUT2D eigenvalue weighted by Gasteiger charge is 2.31. The van der Waals surface area contributed by atoms with E-state index in [4.69, 9.17) is 0 Å². The number of likely N-dealkylation sites (tertiary alicyclic amines) is 2. The fourth-order valence-electron chi connectivity index (χ4n) is 4.94. The van der Waals surface area contributed by atoms with Crippen molar-refractivity contribution >= 4 is 33.4 Å². The van der Waals surface area contributed by atoms with Gasteiger partial charge in [-0.1, -0.05) is 12.8 Å². The van der Waals surface area contributed by atoms with Gasteiger partial charge in [0.25, 0.3) is 5.91 Å². The van der Waals surface area contributed by atoms with Crippen molar-refractivity contribution in [2.24, 2.45) is 5.92 Å². The first kappa shape index (κ1) is 22.1. The van der Waals surface area contributed by atoms with Gasteiger partial charge in [0.15, 0.2) is 0 Å². The minimum atomic E-state index is -0.293. The topological polar surface area (TPSA) is 58.4 Å². The van der Waals surface area contributed by atoms with Gasteiger partial charge in [0.05, 0.1) is 16.3 Å². The van der Waals surface area contributed by atoms with Crippen LogP contribution >= 0.6 is 11.3 Å². The van der Waals surface area contributed by atoms with Gasteiger partial charge in [0, 0.05) is 37.5 Å². The molecule has 0 saturated carbocycles. The molecule has 0 radical (unpaired) electrons. The zero-order valence-corrected chi connectivity index (χ0v) is 19.7. The Morgan fingerprint density at radius 2 is 1.64 bits per heavy atom. The number of piperidine rings is 1. The van der Waals surface area contributed by atoms with Gasteiger partial charge in [-0.05, 0) is 62.9 Å². The summed E-state index contributed by atoms with van der Waals surface area (Å²) in [5, 5.41) is 5.52. The quantitative estimate of drug-likeness (QED) is 0.555. The summed E-state index contributed by atoms with van der Waals surface area (Å²) >= 11 is 1.42. The van der Waals surface area contributed by atoms with E-state index in [-0.39, 0.29) is 23.5 Å². The molecule has 0 N–H and O–H groups in total. The Kier molecular flexibility index (Phi) is 6.19. The largest absolute Gasteiger partial charge is 0.342 e. The van der Waals surface area contributed by atoms with Crippen LogP contribution in [0.25, 0.3) is 15.9 Å². The van der Waals surface area contributed by atoms with Crippen molar-refractivity contribution in [2.75, 3.05) is 26.2 Å². The summed E-state index contributed by atoms with van der Waals surface area (Å²) in [6.07, 6.45) is 6.09. The van der Waals surface area contributed by atoms with E-state index in [1.54, 1.807) is 16.8 Å². The maximum absolute atomic E-state index is 13.3. The number of benzene rings is 1. The normalized spacial score (nSPS) is 18.0. The van der Waals surface area contributed by atoms with E-state index in [1.165, 1.54) is 36.3 Å². The molecule has 8 heteroatoms. The van der Waals surface area contributed by atoms with Crippen LogP contribution < -0.4 is 0 Å². The molecule has 174 valence electrons. The highest BCUT2D eigenvalue weighted by atomic mass is 32.1. The lowest BCUT2D eigenvalue weighted by atomic mass is 9.95. The van der Waals surface area contributed by atoms with Crippen LogP contribution in [-0.2, 0) is 4.79 Å². The van der Waals surface area contributed by atoms with Crippen LogP contribution in [-0.4, -0.2) is 57.6 Å². The average Bonchev–Trinajstić information content (AvgIpc) is 3.27. The Morgan fingerprint density at radius 3 is 2.30 bits per heavy atom. The van der Waals surface area contributed by atoms with Crippen LogP contribution in [0.15, 0.2) is 30.3 Å². The summed E-state index contributed by atoms with van der Waals surface area (Å²) < 4.78 is 15.1. The van der Waals surface area contributed by atoms with E-state index < -0.39 is 0 Å². The molecule has 2 aromatic heterocycles. The van der Waals surface area contributed by atoms with Crippen LogP contribution in [0.4, 0.5) is 4.39 Å². The first-order valence-electron chi connectivity index (χ1n) is 11.8. The molecule has 0 aliphatic carbocycles. The van der Waals surface area contributed by atoms with Gasteiger partial charge >= 0.3 is 0 Å². The molecule has 1 aromatic carbocycles. The van der Waals surface area contributed by atoms with Crippen LogP contribution in [0.3, 0.4) is 0 Å². The molecule has 33 heavy (non-hydrogen) atoms. The number of carbonyl (C=O) groups excluding carboxylic acids is 2. The molecule has 2 saturated heterocycles. The number of nitrogens with zero attached hydrogens (tertiary/aromatic N) is 4. The molecule has 3 aromatic rings. The highest BCUT2D eigenvalue weighted by molar-refractivity contribution is 7.20. The Balaban J connectivity index is 1.28. The molecule has 5 rings (SSSR count). The number of halogens is 1. The Bertz CT molecular complexity index is 1150. The van der Waals surface area contributed by atoms with Gasteiger partial charge in [0.1, 0.15) is 10.6 Å². The lowest BCUT2D eigenvalue weighted by Crippen LogP contribution is -2.44. The third kappa shape index (κ3) is 4.40. The van der Waals surface area contributed by atoms with Crippen molar-refractivity contribution in [1.82, 2.24) is 19.6 Å². The van der Waals surface area contributed by atoms with Crippen molar-refractivity contribution in [1.29, 1.82) is 0 Å². The number of thiophene rings is 1. The number of hydrogen-bond donors (Lipinski definition) is 0. The summed E-state index contributed by atoms with van der Waals surface area (Å²) in [5.74, 6) is 0.0327. The van der Waals surface area contributed by atoms with Gasteiger partial charge in [-0.2, -0.15) is 5.10 Å². The number of aryl methyl sites for hydroxylation is 1. The van der Waals surface area contributed by atoms with E-state index in [2.05, 4.69) is 5.10 Å². The van der Waals surface area contributed by atoms with E-state index in [1.807, 2.05) is 22.8 Å². The number of fused-ring (bicyclic) bond motifs is 1. The number of hydrogen-bond acceptors (Lipinski definition) is 4. The highest BCUT2D eigenvalue weighted by Crippen LogP contribution is 2.32. The second kappa shape index (κ2) is 9.25. The molecule has 2 aliphatic heterocycles. The molecule has 0 bridgehead atoms. The monoisotopic (exact) mass is 468 g/mol. The number of aromatic nitrogens is 2. The van der Waals surface area contributed by atoms with Crippen molar-refractivity contribution in [3.05, 3.63) is 46.7 Å². The van der Waals surface area contributed by atoms with Gasteiger partial charge in [0.2, 0.25) is 5.91 Å². The second-order valence-corrected chi connectivity index (χ2v) is 10.1. The lowest BCUT2D eigenvalue weighted by Gasteiger charge is -2.33. The average molecular weight is 469 g/mol. The zero-order chi connectivity index (χ0) is 22.9. The maximum atomic E-state index is 13.3. The molecule has 2 amide bonds. The predicted octanol–water partition coefficient (Wildman–Crippen LogP) is 4.79. The maximum Gasteiger partial charge on any atom is 0.264 e. The van der Waals surface area contributed by atoms with Crippen LogP contribution in [0, 0.1) is 18.7 Å². The molecule has 0 unspecified atom stereocenters. The molecular weight excluding hydrogens is 439 g/mol. The van der Waals surface area contributed by atoms with Crippen LogP contribution in [0.5, 0.6) is 0 Å². The second-order valence-electron chi connectivity index (χ2n) is 9.11. The fourth-order valence-corrected chi connectivity index (χ4v) is 6.10. The van der Waals surface area contributed by atoms with Crippen molar-refractivity contribution in [3.8, 4) is 5.69 Å². The van der Waals surface area contributed by atoms with E-state index in [9.17, 15) is 14.0 Å². The molecule has 2 aliphatic rings. The Hall–Kier alpha value is -2.74. The number of carbonyl (C=O) groups is 2. The summed E-state index contributed by atoms with van der Waals surface area (Å²) in [4.78, 5) is 31.7. The SMILES string of the molecule is Cc1nn(-c2ccc(F)cc2)c2sc(C(=O)N3CCC(C(=O)N4CCCCCC4)CC3)cc12. The summed E-state index contributed by atoms with van der Waals surface area (Å²) in [6, 6.07) is 8.12. The van der Waals surface area contributed by atoms with Crippen molar-refractivity contribution in [3.63, 3.8) is 0 Å². The molecule has 2 fully saturated rings. The minimum absolute atomic E-state index is 0.0157. The van der Waals surface area contributed by atoms with Gasteiger partial charge in [-0.3, -0.25) is 9.59 Å². The van der Waals surface area contributed by atoms with Gasteiger partial charge in [-0.25, -0.2) is 9.07 Å². The third-order valence-corrected chi connectivity index (χ3v) is 7.97. The number of rotatable bonds is 3. The summed E-state index contributed by atoms with van der Waals surface area (Å²) in [6.45, 7) is 4.90. The zero-order valence-electron chi connectivity index (χ0n) is 18.9. The first-order valence-corrected chi connectivity index (χ1v) is 12.7. The number of amides is 2. The smallest absolute Gasteiger partial charge is 0.264 e. The Morgan fingerprint density at radius 1 is 0.970 bits per heavy atom. The van der Waals surface area contributed by atoms with E-state index in [0.717, 1.165) is 60.4 Å². The Labute approximate surface area is 197 Å². The summed E-state index contributed by atoms with van der Waals surface area (Å²) in [5.41, 5.74) is 1.61. The lowest BCUT2D eigenvalue weighted by molar-refractivity contribution is -0.136. The molecule has 4 heterocycles. The van der Waals surface area contributed by atoms with Crippen molar-refractivity contribution < 1.29 is 14.0 Å². The van der Waals surface area contributed by atoms with Crippen LogP contribution in [0.2, 0.25) is 0 Å². The first-order chi connectivity index (χ1) is 16.0. The third-order valence-electron chi connectivity index (χ3n) is 6.88. The van der Waals surface area contributed by atoms with Gasteiger partial charge < -0.3 is 9.80 Å². The van der Waals surface area contributed by atoms with Gasteiger partial charge in [-0.15, -0.1) is 11.3 Å². The molecule has 0 spiro atoms. The van der Waals surface area contributed by atoms with E-state index in [0.29, 0.717) is 18.0 Å². The fraction of sp³-hybridized carbons (Fsp3) is 0.480. The molecule has 0 atom stereocenters. The predicted molar refractivity (Wildman–Crippen MR) is 127 cm³/mol. The standard InChI is InChI=1S/C25H29FN4O2S/c1-17-21-16-22(33-25(21)30(27-17)20-8-6-19(26)7-9-20)24(32)29-14-10-18(11-15-29)23(31)28-12-4-2-3-5-13-28/h6-9,16,18H,2-5,10-15H2,1H3. The molecular formula is C25H29FN4O2S.